The zero-order valence-electron chi connectivity index (χ0n) is 11.6. The Labute approximate surface area is 117 Å². The average molecular weight is 268 g/mol. The van der Waals surface area contributed by atoms with Gasteiger partial charge in [0, 0.05) is 23.2 Å². The predicted octanol–water partition coefficient (Wildman–Crippen LogP) is 3.58. The molecule has 0 aliphatic heterocycles. The third kappa shape index (κ3) is 2.03. The van der Waals surface area contributed by atoms with Crippen molar-refractivity contribution in [1.29, 1.82) is 0 Å². The van der Waals surface area contributed by atoms with Gasteiger partial charge in [0.15, 0.2) is 0 Å². The highest BCUT2D eigenvalue weighted by atomic mass is 16.5. The number of nitrogens with zero attached hydrogens (tertiary/aromatic N) is 2. The molecule has 0 N–H and O–H groups in total. The molecule has 3 aromatic rings. The molecule has 3 rings (SSSR count). The van der Waals surface area contributed by atoms with Crippen LogP contribution < -0.4 is 9.47 Å². The maximum atomic E-state index is 5.65. The summed E-state index contributed by atoms with van der Waals surface area (Å²) in [7, 11) is 0. The van der Waals surface area contributed by atoms with Gasteiger partial charge in [0.2, 0.25) is 0 Å². The van der Waals surface area contributed by atoms with Crippen LogP contribution in [0.2, 0.25) is 0 Å². The summed E-state index contributed by atoms with van der Waals surface area (Å²) in [6.45, 7) is 5.20. The van der Waals surface area contributed by atoms with E-state index in [0.717, 1.165) is 33.3 Å². The lowest BCUT2D eigenvalue weighted by Crippen LogP contribution is -1.96. The molecule has 2 aromatic heterocycles. The number of pyridine rings is 2. The second-order valence-corrected chi connectivity index (χ2v) is 4.34. The Bertz CT molecular complexity index is 691. The van der Waals surface area contributed by atoms with Crippen molar-refractivity contribution in [3.05, 3.63) is 36.7 Å². The number of hydrogen-bond acceptors (Lipinski definition) is 4. The van der Waals surface area contributed by atoms with Crippen LogP contribution in [-0.4, -0.2) is 23.2 Å². The van der Waals surface area contributed by atoms with Gasteiger partial charge in [-0.25, -0.2) is 0 Å². The molecule has 102 valence electrons. The van der Waals surface area contributed by atoms with Crippen molar-refractivity contribution >= 4 is 21.8 Å². The molecule has 0 unspecified atom stereocenters. The lowest BCUT2D eigenvalue weighted by molar-refractivity contribution is 0.343. The third-order valence-electron chi connectivity index (χ3n) is 3.14. The highest BCUT2D eigenvalue weighted by Gasteiger charge is 2.10. The molecular weight excluding hydrogens is 252 g/mol. The average Bonchev–Trinajstić information content (AvgIpc) is 2.48. The Morgan fingerprint density at radius 3 is 1.60 bits per heavy atom. The Kier molecular flexibility index (Phi) is 3.37. The molecule has 0 radical (unpaired) electrons. The molecule has 0 aliphatic rings. The van der Waals surface area contributed by atoms with Crippen LogP contribution in [0.15, 0.2) is 36.7 Å². The van der Waals surface area contributed by atoms with Crippen LogP contribution in [-0.2, 0) is 0 Å². The van der Waals surface area contributed by atoms with Gasteiger partial charge in [-0.1, -0.05) is 0 Å². The maximum absolute atomic E-state index is 5.65. The van der Waals surface area contributed by atoms with Crippen molar-refractivity contribution in [3.8, 4) is 11.5 Å². The van der Waals surface area contributed by atoms with Crippen molar-refractivity contribution in [1.82, 2.24) is 9.97 Å². The van der Waals surface area contributed by atoms with E-state index >= 15 is 0 Å². The minimum atomic E-state index is 0.629. The highest BCUT2D eigenvalue weighted by molar-refractivity contribution is 6.06. The second kappa shape index (κ2) is 5.33. The van der Waals surface area contributed by atoms with Gasteiger partial charge in [-0.15, -0.1) is 0 Å². The van der Waals surface area contributed by atoms with E-state index in [1.807, 2.05) is 38.1 Å². The fraction of sp³-hybridized carbons (Fsp3) is 0.250. The smallest absolute Gasteiger partial charge is 0.130 e. The number of hydrogen-bond donors (Lipinski definition) is 0. The van der Waals surface area contributed by atoms with E-state index in [1.54, 1.807) is 12.4 Å². The first-order chi connectivity index (χ1) is 9.85. The Morgan fingerprint density at radius 2 is 1.20 bits per heavy atom. The summed E-state index contributed by atoms with van der Waals surface area (Å²) >= 11 is 0. The van der Waals surface area contributed by atoms with Gasteiger partial charge in [0.05, 0.1) is 13.2 Å². The van der Waals surface area contributed by atoms with Crippen molar-refractivity contribution in [2.45, 2.75) is 13.8 Å². The molecule has 0 fully saturated rings. The van der Waals surface area contributed by atoms with Crippen molar-refractivity contribution in [2.75, 3.05) is 13.2 Å². The van der Waals surface area contributed by atoms with Crippen molar-refractivity contribution in [2.24, 2.45) is 0 Å². The third-order valence-corrected chi connectivity index (χ3v) is 3.14. The van der Waals surface area contributed by atoms with E-state index in [0.29, 0.717) is 13.2 Å². The van der Waals surface area contributed by atoms with Gasteiger partial charge in [-0.2, -0.15) is 0 Å². The van der Waals surface area contributed by atoms with E-state index in [-0.39, 0.29) is 0 Å². The topological polar surface area (TPSA) is 44.2 Å². The minimum absolute atomic E-state index is 0.629. The fourth-order valence-electron chi connectivity index (χ4n) is 2.34. The van der Waals surface area contributed by atoms with Crippen LogP contribution in [0.5, 0.6) is 11.5 Å². The van der Waals surface area contributed by atoms with Crippen LogP contribution in [0, 0.1) is 0 Å². The van der Waals surface area contributed by atoms with Gasteiger partial charge in [0.25, 0.3) is 0 Å². The molecule has 20 heavy (non-hydrogen) atoms. The number of aromatic nitrogens is 2. The molecule has 4 nitrogen and oxygen atoms in total. The second-order valence-electron chi connectivity index (χ2n) is 4.34. The first-order valence-electron chi connectivity index (χ1n) is 6.77. The van der Waals surface area contributed by atoms with E-state index in [1.165, 1.54) is 0 Å². The lowest BCUT2D eigenvalue weighted by atomic mass is 10.1. The molecule has 0 bridgehead atoms. The van der Waals surface area contributed by atoms with E-state index in [2.05, 4.69) is 9.97 Å². The fourth-order valence-corrected chi connectivity index (χ4v) is 2.34. The van der Waals surface area contributed by atoms with Crippen LogP contribution >= 0.6 is 0 Å². The quantitative estimate of drug-likeness (QED) is 0.678. The molecular formula is C16H16N2O2. The summed E-state index contributed by atoms with van der Waals surface area (Å²) in [5.41, 5.74) is 1.69. The summed E-state index contributed by atoms with van der Waals surface area (Å²) < 4.78 is 11.3. The summed E-state index contributed by atoms with van der Waals surface area (Å²) in [5, 5.41) is 1.95. The zero-order valence-corrected chi connectivity index (χ0v) is 11.6. The van der Waals surface area contributed by atoms with Crippen molar-refractivity contribution in [3.63, 3.8) is 0 Å². The normalized spacial score (nSPS) is 10.9. The minimum Gasteiger partial charge on any atom is -0.493 e. The van der Waals surface area contributed by atoms with Crippen LogP contribution in [0.4, 0.5) is 0 Å². The van der Waals surface area contributed by atoms with Crippen LogP contribution in [0.1, 0.15) is 13.8 Å². The van der Waals surface area contributed by atoms with E-state index in [9.17, 15) is 0 Å². The summed E-state index contributed by atoms with van der Waals surface area (Å²) in [6, 6.07) is 7.79. The van der Waals surface area contributed by atoms with Crippen LogP contribution in [0.3, 0.4) is 0 Å². The molecule has 4 heteroatoms. The number of fused-ring (bicyclic) bond motifs is 3. The van der Waals surface area contributed by atoms with E-state index in [4.69, 9.17) is 9.47 Å². The van der Waals surface area contributed by atoms with E-state index < -0.39 is 0 Å². The first-order valence-corrected chi connectivity index (χ1v) is 6.77. The van der Waals surface area contributed by atoms with Crippen molar-refractivity contribution < 1.29 is 9.47 Å². The zero-order chi connectivity index (χ0) is 13.9. The summed E-state index contributed by atoms with van der Waals surface area (Å²) in [6.07, 6.45) is 3.50. The van der Waals surface area contributed by atoms with Gasteiger partial charge in [-0.3, -0.25) is 9.97 Å². The number of rotatable bonds is 4. The molecule has 1 aromatic carbocycles. The summed E-state index contributed by atoms with van der Waals surface area (Å²) in [4.78, 5) is 8.91. The highest BCUT2D eigenvalue weighted by Crippen LogP contribution is 2.32. The molecule has 0 amide bonds. The van der Waals surface area contributed by atoms with Gasteiger partial charge in [0.1, 0.15) is 22.5 Å². The van der Waals surface area contributed by atoms with Gasteiger partial charge >= 0.3 is 0 Å². The molecule has 0 aliphatic carbocycles. The molecule has 2 heterocycles. The molecule has 0 atom stereocenters. The Hall–Kier alpha value is -2.36. The Morgan fingerprint density at radius 1 is 0.750 bits per heavy atom. The predicted molar refractivity (Wildman–Crippen MR) is 79.4 cm³/mol. The number of ether oxygens (including phenoxy) is 2. The van der Waals surface area contributed by atoms with Gasteiger partial charge in [-0.05, 0) is 38.1 Å². The van der Waals surface area contributed by atoms with Gasteiger partial charge < -0.3 is 9.47 Å². The molecule has 0 saturated carbocycles. The van der Waals surface area contributed by atoms with Crippen LogP contribution in [0.25, 0.3) is 21.8 Å². The molecule has 0 saturated heterocycles. The monoisotopic (exact) mass is 268 g/mol. The SMILES string of the molecule is CCOc1ccnc2c1ccc1c(OCC)ccnc12. The first kappa shape index (κ1) is 12.7. The number of benzene rings is 1. The summed E-state index contributed by atoms with van der Waals surface area (Å²) in [5.74, 6) is 1.67. The standard InChI is InChI=1S/C16H16N2O2/c1-3-19-13-7-9-17-15-11(13)5-6-12-14(20-4-2)8-10-18-16(12)15/h5-10H,3-4H2,1-2H3. The Balaban J connectivity index is 2.31. The maximum Gasteiger partial charge on any atom is 0.130 e. The lowest BCUT2D eigenvalue weighted by Gasteiger charge is -2.10. The largest absolute Gasteiger partial charge is 0.493 e. The molecule has 0 spiro atoms.